The second kappa shape index (κ2) is 7.77. The van der Waals surface area contributed by atoms with Crippen molar-refractivity contribution in [1.82, 2.24) is 14.8 Å². The Kier molecular flexibility index (Phi) is 4.86. The predicted octanol–water partition coefficient (Wildman–Crippen LogP) is 3.29. The van der Waals surface area contributed by atoms with Gasteiger partial charge in [0.2, 0.25) is 11.7 Å². The van der Waals surface area contributed by atoms with E-state index in [2.05, 4.69) is 15.4 Å². The minimum Gasteiger partial charge on any atom is -0.366 e. The van der Waals surface area contributed by atoms with Gasteiger partial charge in [0, 0.05) is 16.8 Å². The lowest BCUT2D eigenvalue weighted by molar-refractivity contribution is 0.0994. The van der Waals surface area contributed by atoms with Gasteiger partial charge in [0.15, 0.2) is 5.82 Å². The molecule has 2 amide bonds. The third-order valence-electron chi connectivity index (χ3n) is 4.25. The van der Waals surface area contributed by atoms with E-state index in [1.165, 1.54) is 6.07 Å². The number of nitrogens with one attached hydrogen (secondary N) is 1. The van der Waals surface area contributed by atoms with E-state index in [1.54, 1.807) is 22.9 Å². The number of benzene rings is 3. The van der Waals surface area contributed by atoms with Gasteiger partial charge in [0.1, 0.15) is 0 Å². The minimum absolute atomic E-state index is 0.0113. The van der Waals surface area contributed by atoms with E-state index in [0.29, 0.717) is 17.1 Å². The monoisotopic (exact) mass is 383 g/mol. The number of carbonyl (C=O) groups is 2. The molecule has 7 nitrogen and oxygen atoms in total. The van der Waals surface area contributed by atoms with Gasteiger partial charge >= 0.3 is 0 Å². The Morgan fingerprint density at radius 3 is 2.24 bits per heavy atom. The van der Waals surface area contributed by atoms with E-state index >= 15 is 0 Å². The summed E-state index contributed by atoms with van der Waals surface area (Å²) in [6, 6.07) is 25.4. The molecule has 3 aromatic carbocycles. The molecule has 7 heteroatoms. The van der Waals surface area contributed by atoms with Crippen molar-refractivity contribution in [3.63, 3.8) is 0 Å². The van der Waals surface area contributed by atoms with Crippen molar-refractivity contribution in [2.24, 2.45) is 5.73 Å². The van der Waals surface area contributed by atoms with Crippen LogP contribution < -0.4 is 11.1 Å². The van der Waals surface area contributed by atoms with Crippen LogP contribution in [0.25, 0.3) is 17.1 Å². The van der Waals surface area contributed by atoms with Crippen molar-refractivity contribution in [3.05, 3.63) is 96.3 Å². The molecule has 0 aliphatic rings. The third kappa shape index (κ3) is 3.89. The highest BCUT2D eigenvalue weighted by atomic mass is 16.2. The van der Waals surface area contributed by atoms with Crippen LogP contribution in [0.15, 0.2) is 84.9 Å². The van der Waals surface area contributed by atoms with E-state index in [4.69, 9.17) is 5.73 Å². The van der Waals surface area contributed by atoms with Gasteiger partial charge < -0.3 is 11.1 Å². The third-order valence-corrected chi connectivity index (χ3v) is 4.25. The van der Waals surface area contributed by atoms with Gasteiger partial charge in [-0.3, -0.25) is 9.59 Å². The van der Waals surface area contributed by atoms with Crippen LogP contribution in [-0.2, 0) is 0 Å². The van der Waals surface area contributed by atoms with Crippen molar-refractivity contribution in [2.45, 2.75) is 0 Å². The summed E-state index contributed by atoms with van der Waals surface area (Å²) in [5, 5.41) is 7.12. The molecule has 142 valence electrons. The zero-order valence-electron chi connectivity index (χ0n) is 15.3. The molecule has 0 aliphatic carbocycles. The number of anilines is 1. The maximum absolute atomic E-state index is 12.8. The SMILES string of the molecule is NC(=O)c1cccc(NC(=O)c2nc(-c3ccccc3)n(-c3ccccc3)n2)c1. The molecule has 29 heavy (non-hydrogen) atoms. The first kappa shape index (κ1) is 18.1. The van der Waals surface area contributed by atoms with Crippen LogP contribution in [0, 0.1) is 0 Å². The molecule has 0 radical (unpaired) electrons. The first-order valence-corrected chi connectivity index (χ1v) is 8.91. The van der Waals surface area contributed by atoms with Crippen molar-refractivity contribution < 1.29 is 9.59 Å². The lowest BCUT2D eigenvalue weighted by Crippen LogP contribution is -2.16. The van der Waals surface area contributed by atoms with Crippen molar-refractivity contribution >= 4 is 17.5 Å². The van der Waals surface area contributed by atoms with E-state index in [-0.39, 0.29) is 5.82 Å². The van der Waals surface area contributed by atoms with Crippen molar-refractivity contribution in [3.8, 4) is 17.1 Å². The summed E-state index contributed by atoms with van der Waals surface area (Å²) in [5.41, 5.74) is 7.65. The number of hydrogen-bond acceptors (Lipinski definition) is 4. The smallest absolute Gasteiger partial charge is 0.295 e. The maximum Gasteiger partial charge on any atom is 0.295 e. The fraction of sp³-hybridized carbons (Fsp3) is 0. The fourth-order valence-electron chi connectivity index (χ4n) is 2.87. The zero-order chi connectivity index (χ0) is 20.2. The number of amides is 2. The summed E-state index contributed by atoms with van der Waals surface area (Å²) in [6.07, 6.45) is 0. The van der Waals surface area contributed by atoms with E-state index in [0.717, 1.165) is 11.3 Å². The first-order valence-electron chi connectivity index (χ1n) is 8.91. The molecule has 0 bridgehead atoms. The number of rotatable bonds is 5. The van der Waals surface area contributed by atoms with Crippen LogP contribution in [-0.4, -0.2) is 26.6 Å². The fourth-order valence-corrected chi connectivity index (χ4v) is 2.87. The first-order chi connectivity index (χ1) is 14.1. The molecule has 0 atom stereocenters. The number of aromatic nitrogens is 3. The van der Waals surface area contributed by atoms with Gasteiger partial charge in [-0.25, -0.2) is 9.67 Å². The second-order valence-corrected chi connectivity index (χ2v) is 6.27. The highest BCUT2D eigenvalue weighted by Gasteiger charge is 2.19. The summed E-state index contributed by atoms with van der Waals surface area (Å²) < 4.78 is 1.63. The van der Waals surface area contributed by atoms with Crippen molar-refractivity contribution in [2.75, 3.05) is 5.32 Å². The van der Waals surface area contributed by atoms with E-state index in [1.807, 2.05) is 60.7 Å². The van der Waals surface area contributed by atoms with Crippen LogP contribution in [0.3, 0.4) is 0 Å². The van der Waals surface area contributed by atoms with Gasteiger partial charge in [-0.1, -0.05) is 54.6 Å². The summed E-state index contributed by atoms with van der Waals surface area (Å²) in [6.45, 7) is 0. The van der Waals surface area contributed by atoms with Crippen LogP contribution >= 0.6 is 0 Å². The molecule has 4 rings (SSSR count). The summed E-state index contributed by atoms with van der Waals surface area (Å²) >= 11 is 0. The molecule has 0 saturated heterocycles. The average molecular weight is 383 g/mol. The maximum atomic E-state index is 12.8. The molecule has 4 aromatic rings. The molecule has 1 aromatic heterocycles. The average Bonchev–Trinajstić information content (AvgIpc) is 3.21. The number of carbonyl (C=O) groups excluding carboxylic acids is 2. The molecule has 0 fully saturated rings. The lowest BCUT2D eigenvalue weighted by Gasteiger charge is -2.05. The molecular formula is C22H17N5O2. The molecule has 0 saturated carbocycles. The second-order valence-electron chi connectivity index (χ2n) is 6.27. The molecule has 0 aliphatic heterocycles. The summed E-state index contributed by atoms with van der Waals surface area (Å²) in [7, 11) is 0. The number of nitrogens with two attached hydrogens (primary N) is 1. The Morgan fingerprint density at radius 1 is 0.862 bits per heavy atom. The van der Waals surface area contributed by atoms with Crippen LogP contribution in [0.5, 0.6) is 0 Å². The molecule has 0 spiro atoms. The Morgan fingerprint density at radius 2 is 1.55 bits per heavy atom. The van der Waals surface area contributed by atoms with Gasteiger partial charge in [0.25, 0.3) is 5.91 Å². The van der Waals surface area contributed by atoms with E-state index in [9.17, 15) is 9.59 Å². The quantitative estimate of drug-likeness (QED) is 0.552. The van der Waals surface area contributed by atoms with Crippen molar-refractivity contribution in [1.29, 1.82) is 0 Å². The highest BCUT2D eigenvalue weighted by Crippen LogP contribution is 2.21. The minimum atomic E-state index is -0.570. The van der Waals surface area contributed by atoms with Crippen LogP contribution in [0.2, 0.25) is 0 Å². The summed E-state index contributed by atoms with van der Waals surface area (Å²) in [4.78, 5) is 28.6. The normalized spacial score (nSPS) is 10.5. The molecule has 1 heterocycles. The highest BCUT2D eigenvalue weighted by molar-refractivity contribution is 6.03. The van der Waals surface area contributed by atoms with Crippen LogP contribution in [0.4, 0.5) is 5.69 Å². The molecular weight excluding hydrogens is 366 g/mol. The van der Waals surface area contributed by atoms with Gasteiger partial charge in [0.05, 0.1) is 5.69 Å². The summed E-state index contributed by atoms with van der Waals surface area (Å²) in [5.74, 6) is -0.498. The zero-order valence-corrected chi connectivity index (χ0v) is 15.3. The van der Waals surface area contributed by atoms with E-state index < -0.39 is 11.8 Å². The Bertz CT molecular complexity index is 1110. The topological polar surface area (TPSA) is 103 Å². The number of primary amides is 1. The lowest BCUT2D eigenvalue weighted by atomic mass is 10.2. The molecule has 0 unspecified atom stereocenters. The Hall–Kier alpha value is -4.26. The number of nitrogens with zero attached hydrogens (tertiary/aromatic N) is 3. The largest absolute Gasteiger partial charge is 0.366 e. The molecule has 3 N–H and O–H groups in total. The predicted molar refractivity (Wildman–Crippen MR) is 110 cm³/mol. The van der Waals surface area contributed by atoms with Gasteiger partial charge in [-0.2, -0.15) is 0 Å². The van der Waals surface area contributed by atoms with Gasteiger partial charge in [-0.15, -0.1) is 5.10 Å². The number of hydrogen-bond donors (Lipinski definition) is 2. The van der Waals surface area contributed by atoms with Gasteiger partial charge in [-0.05, 0) is 30.3 Å². The standard InChI is InChI=1S/C22H17N5O2/c23-19(28)16-10-7-11-17(14-16)24-22(29)20-25-21(15-8-3-1-4-9-15)27(26-20)18-12-5-2-6-13-18/h1-14H,(H2,23,28)(H,24,29). The Labute approximate surface area is 166 Å². The Balaban J connectivity index is 1.71. The number of para-hydroxylation sites is 1. The van der Waals surface area contributed by atoms with Crippen LogP contribution in [0.1, 0.15) is 21.0 Å².